The number of amides is 4. The van der Waals surface area contributed by atoms with Crippen molar-refractivity contribution in [3.05, 3.63) is 0 Å². The van der Waals surface area contributed by atoms with E-state index in [0.29, 0.717) is 5.06 Å². The summed E-state index contributed by atoms with van der Waals surface area (Å²) in [6.07, 6.45) is -0.118. The Balaban J connectivity index is 1.83. The number of nitrogens with zero attached hydrogens (tertiary/aromatic N) is 2. The first-order valence-electron chi connectivity index (χ1n) is 11.2. The SMILES string of the molecule is COC(=O)C(C)(C)COS(=O)(=O)ON1C(=O)N2C[C@H]1CC[C@H]2C(=O)NOCCNC(=O)OC(C)(C)C. The fourth-order valence-corrected chi connectivity index (χ4v) is 4.25. The number of carbonyl (C=O) groups excluding carboxylic acids is 4. The predicted octanol–water partition coefficient (Wildman–Crippen LogP) is 0.220. The van der Waals surface area contributed by atoms with E-state index >= 15 is 0 Å². The molecule has 2 N–H and O–H groups in total. The lowest BCUT2D eigenvalue weighted by Gasteiger charge is -2.28. The standard InChI is InChI=1S/C20H34N4O11S/c1-19(2,3)34-17(27)21-9-10-32-22-15(25)14-8-7-13-11-23(14)18(28)24(13)35-36(29,30)33-12-20(4,5)16(26)31-6/h13-14H,7-12H2,1-6H3,(H,21,27)(H,22,25)/t13-,14+/m1/s1. The van der Waals surface area contributed by atoms with Crippen LogP contribution in [0.2, 0.25) is 0 Å². The molecule has 2 saturated heterocycles. The molecule has 0 spiro atoms. The molecule has 0 aromatic carbocycles. The minimum Gasteiger partial charge on any atom is -0.469 e. The van der Waals surface area contributed by atoms with Crippen LogP contribution < -0.4 is 10.8 Å². The lowest BCUT2D eigenvalue weighted by molar-refractivity contribution is -0.152. The van der Waals surface area contributed by atoms with Gasteiger partial charge >= 0.3 is 28.5 Å². The van der Waals surface area contributed by atoms with E-state index < -0.39 is 64.1 Å². The van der Waals surface area contributed by atoms with Crippen molar-refractivity contribution in [3.8, 4) is 0 Å². The first-order valence-corrected chi connectivity index (χ1v) is 12.6. The number of piperidine rings is 1. The van der Waals surface area contributed by atoms with Crippen molar-refractivity contribution in [1.29, 1.82) is 0 Å². The Labute approximate surface area is 209 Å². The van der Waals surface area contributed by atoms with Gasteiger partial charge in [0, 0.05) is 13.1 Å². The van der Waals surface area contributed by atoms with Gasteiger partial charge in [0.05, 0.1) is 31.8 Å². The Kier molecular flexibility index (Phi) is 9.50. The number of rotatable bonds is 11. The van der Waals surface area contributed by atoms with Gasteiger partial charge in [-0.05, 0) is 47.5 Å². The van der Waals surface area contributed by atoms with Crippen LogP contribution in [0.3, 0.4) is 0 Å². The first-order chi connectivity index (χ1) is 16.6. The van der Waals surface area contributed by atoms with Gasteiger partial charge in [-0.1, -0.05) is 0 Å². The summed E-state index contributed by atoms with van der Waals surface area (Å²) in [7, 11) is -3.53. The predicted molar refractivity (Wildman–Crippen MR) is 121 cm³/mol. The summed E-state index contributed by atoms with van der Waals surface area (Å²) < 4.78 is 43.8. The number of hydroxylamine groups is 3. The molecule has 2 aliphatic heterocycles. The number of methoxy groups -OCH3 is 1. The molecule has 0 radical (unpaired) electrons. The maximum Gasteiger partial charge on any atom is 0.421 e. The Hall–Kier alpha value is -2.69. The summed E-state index contributed by atoms with van der Waals surface area (Å²) >= 11 is 0. The third kappa shape index (κ3) is 8.18. The van der Waals surface area contributed by atoms with E-state index in [0.717, 1.165) is 7.11 Å². The topological polar surface area (TPSA) is 179 Å². The highest BCUT2D eigenvalue weighted by molar-refractivity contribution is 7.81. The van der Waals surface area contributed by atoms with Crippen LogP contribution in [-0.2, 0) is 42.8 Å². The average Bonchev–Trinajstić information content (AvgIpc) is 3.00. The molecule has 0 aromatic heterocycles. The van der Waals surface area contributed by atoms with Crippen LogP contribution in [-0.4, -0.2) is 93.5 Å². The van der Waals surface area contributed by atoms with Gasteiger partial charge in [0.1, 0.15) is 11.6 Å². The van der Waals surface area contributed by atoms with E-state index in [9.17, 15) is 27.6 Å². The number of esters is 1. The van der Waals surface area contributed by atoms with Crippen molar-refractivity contribution >= 4 is 34.4 Å². The van der Waals surface area contributed by atoms with Crippen molar-refractivity contribution in [2.24, 2.45) is 5.41 Å². The number of carbonyl (C=O) groups is 4. The van der Waals surface area contributed by atoms with Crippen molar-refractivity contribution < 1.29 is 50.4 Å². The van der Waals surface area contributed by atoms with Gasteiger partial charge in [-0.3, -0.25) is 14.4 Å². The van der Waals surface area contributed by atoms with Crippen molar-refractivity contribution in [3.63, 3.8) is 0 Å². The van der Waals surface area contributed by atoms with Gasteiger partial charge in [-0.2, -0.15) is 13.5 Å². The molecule has 206 valence electrons. The quantitative estimate of drug-likeness (QED) is 0.209. The molecule has 16 heteroatoms. The van der Waals surface area contributed by atoms with Gasteiger partial charge < -0.3 is 19.7 Å². The number of hydrogen-bond acceptors (Lipinski definition) is 11. The number of hydrogen-bond donors (Lipinski definition) is 2. The normalized spacial score (nSPS) is 20.2. The molecule has 2 heterocycles. The fraction of sp³-hybridized carbons (Fsp3) is 0.800. The van der Waals surface area contributed by atoms with E-state index in [1.54, 1.807) is 20.8 Å². The van der Waals surface area contributed by atoms with E-state index in [-0.39, 0.29) is 32.5 Å². The summed E-state index contributed by atoms with van der Waals surface area (Å²) in [6, 6.07) is -2.36. The maximum atomic E-state index is 12.8. The molecule has 2 aliphatic rings. The smallest absolute Gasteiger partial charge is 0.421 e. The van der Waals surface area contributed by atoms with E-state index in [4.69, 9.17) is 18.0 Å². The van der Waals surface area contributed by atoms with Crippen LogP contribution in [0.4, 0.5) is 9.59 Å². The first kappa shape index (κ1) is 29.5. The lowest BCUT2D eigenvalue weighted by Crippen LogP contribution is -2.50. The Morgan fingerprint density at radius 2 is 1.78 bits per heavy atom. The van der Waals surface area contributed by atoms with Crippen LogP contribution >= 0.6 is 0 Å². The molecule has 15 nitrogen and oxygen atoms in total. The molecule has 4 amide bonds. The largest absolute Gasteiger partial charge is 0.469 e. The van der Waals surface area contributed by atoms with Crippen molar-refractivity contribution in [2.45, 2.75) is 65.1 Å². The van der Waals surface area contributed by atoms with Crippen LogP contribution in [0.5, 0.6) is 0 Å². The Morgan fingerprint density at radius 3 is 2.39 bits per heavy atom. The number of ether oxygens (including phenoxy) is 2. The number of fused-ring (bicyclic) bond motifs is 2. The number of urea groups is 1. The molecular weight excluding hydrogens is 504 g/mol. The van der Waals surface area contributed by atoms with Gasteiger partial charge in [-0.25, -0.2) is 19.3 Å². The minimum atomic E-state index is -4.69. The maximum absolute atomic E-state index is 12.8. The zero-order valence-electron chi connectivity index (χ0n) is 21.2. The zero-order chi connectivity index (χ0) is 27.3. The second-order valence-corrected chi connectivity index (χ2v) is 11.1. The van der Waals surface area contributed by atoms with Crippen LogP contribution in [0, 0.1) is 5.41 Å². The summed E-state index contributed by atoms with van der Waals surface area (Å²) in [5.74, 6) is -1.30. The average molecular weight is 539 g/mol. The molecule has 2 rings (SSSR count). The van der Waals surface area contributed by atoms with Crippen LogP contribution in [0.15, 0.2) is 0 Å². The summed E-state index contributed by atoms with van der Waals surface area (Å²) in [6.45, 7) is 7.51. The summed E-state index contributed by atoms with van der Waals surface area (Å²) in [5.41, 5.74) is 0.300. The van der Waals surface area contributed by atoms with Crippen molar-refractivity contribution in [1.82, 2.24) is 20.8 Å². The van der Waals surface area contributed by atoms with Crippen LogP contribution in [0.1, 0.15) is 47.5 Å². The third-order valence-corrected chi connectivity index (χ3v) is 5.89. The van der Waals surface area contributed by atoms with Gasteiger partial charge in [0.25, 0.3) is 5.91 Å². The molecule has 2 fully saturated rings. The highest BCUT2D eigenvalue weighted by Gasteiger charge is 2.50. The monoisotopic (exact) mass is 538 g/mol. The Bertz CT molecular complexity index is 948. The van der Waals surface area contributed by atoms with E-state index in [1.165, 1.54) is 18.7 Å². The molecule has 2 bridgehead atoms. The molecule has 2 atom stereocenters. The van der Waals surface area contributed by atoms with Crippen LogP contribution in [0.25, 0.3) is 0 Å². The van der Waals surface area contributed by atoms with E-state index in [1.807, 2.05) is 0 Å². The number of nitrogens with one attached hydrogen (secondary N) is 2. The summed E-state index contributed by atoms with van der Waals surface area (Å²) in [5, 5.41) is 3.12. The summed E-state index contributed by atoms with van der Waals surface area (Å²) in [4.78, 5) is 54.8. The second-order valence-electron chi connectivity index (χ2n) is 9.87. The highest BCUT2D eigenvalue weighted by Crippen LogP contribution is 2.31. The number of alkyl carbamates (subject to hydrolysis) is 1. The molecule has 0 unspecified atom stereocenters. The molecule has 0 aliphatic carbocycles. The van der Waals surface area contributed by atoms with Crippen molar-refractivity contribution in [2.75, 3.05) is 33.4 Å². The molecule has 0 aromatic rings. The fourth-order valence-electron chi connectivity index (χ4n) is 3.39. The van der Waals surface area contributed by atoms with E-state index in [2.05, 4.69) is 15.5 Å². The lowest BCUT2D eigenvalue weighted by atomic mass is 9.95. The second kappa shape index (κ2) is 11.6. The van der Waals surface area contributed by atoms with Gasteiger partial charge in [0.2, 0.25) is 0 Å². The third-order valence-electron chi connectivity index (χ3n) is 5.14. The van der Waals surface area contributed by atoms with Gasteiger partial charge in [0.15, 0.2) is 0 Å². The Morgan fingerprint density at radius 1 is 1.11 bits per heavy atom. The minimum absolute atomic E-state index is 0.0545. The highest BCUT2D eigenvalue weighted by atomic mass is 32.3. The van der Waals surface area contributed by atoms with Gasteiger partial charge in [-0.15, -0.1) is 4.28 Å². The molecular formula is C20H34N4O11S. The molecule has 0 saturated carbocycles. The zero-order valence-corrected chi connectivity index (χ0v) is 22.0. The molecule has 36 heavy (non-hydrogen) atoms.